The molecule has 0 aliphatic carbocycles. The lowest BCUT2D eigenvalue weighted by molar-refractivity contribution is -0.269. The molecule has 1 N–H and O–H groups in total. The van der Waals surface area contributed by atoms with Gasteiger partial charge < -0.3 is 4.57 Å². The number of aromatic nitrogens is 1. The highest BCUT2D eigenvalue weighted by Crippen LogP contribution is 2.48. The molecule has 3 nitrogen and oxygen atoms in total. The van der Waals surface area contributed by atoms with Crippen molar-refractivity contribution in [2.75, 3.05) is 0 Å². The molecule has 1 aliphatic heterocycles. The van der Waals surface area contributed by atoms with Gasteiger partial charge in [-0.05, 0) is 54.1 Å². The Balaban J connectivity index is 1.75. The summed E-state index contributed by atoms with van der Waals surface area (Å²) in [7, 11) is 0. The molecule has 144 valence electrons. The van der Waals surface area contributed by atoms with Gasteiger partial charge >= 0.3 is 6.18 Å². The first kappa shape index (κ1) is 18.9. The van der Waals surface area contributed by atoms with Crippen LogP contribution in [0.5, 0.6) is 0 Å². The molecule has 0 spiro atoms. The molecule has 0 radical (unpaired) electrons. The first-order chi connectivity index (χ1) is 13.3. The van der Waals surface area contributed by atoms with E-state index >= 15 is 0 Å². The maximum Gasteiger partial charge on any atom is 0.428 e. The molecule has 0 fully saturated rings. The normalized spacial score (nSPS) is 19.4. The van der Waals surface area contributed by atoms with Crippen LogP contribution in [0.2, 0.25) is 10.0 Å². The molecule has 0 bridgehead atoms. The van der Waals surface area contributed by atoms with Gasteiger partial charge in [0.15, 0.2) is 0 Å². The summed E-state index contributed by atoms with van der Waals surface area (Å²) in [4.78, 5) is 5.08. The van der Waals surface area contributed by atoms with Crippen LogP contribution in [-0.4, -0.2) is 10.7 Å². The van der Waals surface area contributed by atoms with E-state index in [0.29, 0.717) is 5.56 Å². The third kappa shape index (κ3) is 3.28. The van der Waals surface area contributed by atoms with Crippen molar-refractivity contribution in [3.05, 3.63) is 94.2 Å². The molecule has 8 heteroatoms. The van der Waals surface area contributed by atoms with Crippen molar-refractivity contribution in [1.82, 2.24) is 10.0 Å². The Morgan fingerprint density at radius 3 is 2.11 bits per heavy atom. The van der Waals surface area contributed by atoms with E-state index in [4.69, 9.17) is 28.0 Å². The van der Waals surface area contributed by atoms with Gasteiger partial charge in [-0.25, -0.2) is 0 Å². The highest BCUT2D eigenvalue weighted by atomic mass is 35.5. The predicted molar refractivity (Wildman–Crippen MR) is 102 cm³/mol. The van der Waals surface area contributed by atoms with Gasteiger partial charge in [0, 0.05) is 33.7 Å². The van der Waals surface area contributed by atoms with Gasteiger partial charge in [-0.1, -0.05) is 35.3 Å². The van der Waals surface area contributed by atoms with Crippen LogP contribution < -0.4 is 5.48 Å². The minimum atomic E-state index is -4.74. The fourth-order valence-electron chi connectivity index (χ4n) is 3.07. The number of nitrogens with zero attached hydrogens (tertiary/aromatic N) is 1. The van der Waals surface area contributed by atoms with E-state index in [-0.39, 0.29) is 21.3 Å². The molecular weight excluding hydrogens is 412 g/mol. The molecule has 0 saturated heterocycles. The number of nitrogens with one attached hydrogen (secondary N) is 1. The molecule has 1 atom stereocenters. The third-order valence-electron chi connectivity index (χ3n) is 4.46. The van der Waals surface area contributed by atoms with Crippen LogP contribution in [0, 0.1) is 0 Å². The van der Waals surface area contributed by atoms with E-state index in [1.54, 1.807) is 12.1 Å². The smallest absolute Gasteiger partial charge is 0.324 e. The summed E-state index contributed by atoms with van der Waals surface area (Å²) in [6.45, 7) is 0. The van der Waals surface area contributed by atoms with Crippen molar-refractivity contribution in [1.29, 1.82) is 0 Å². The number of hydroxylamine groups is 1. The van der Waals surface area contributed by atoms with E-state index in [2.05, 4.69) is 5.48 Å². The topological polar surface area (TPSA) is 26.2 Å². The van der Waals surface area contributed by atoms with Gasteiger partial charge in [0.05, 0.1) is 5.70 Å². The monoisotopic (exact) mass is 424 g/mol. The van der Waals surface area contributed by atoms with Gasteiger partial charge in [-0.3, -0.25) is 10.3 Å². The average molecular weight is 425 g/mol. The van der Waals surface area contributed by atoms with E-state index in [1.807, 2.05) is 41.2 Å². The molecule has 4 rings (SSSR count). The quantitative estimate of drug-likeness (QED) is 0.548. The highest BCUT2D eigenvalue weighted by molar-refractivity contribution is 6.34. The minimum Gasteiger partial charge on any atom is -0.324 e. The number of benzene rings is 2. The Bertz CT molecular complexity index is 1010. The Kier molecular flexibility index (Phi) is 4.65. The molecule has 2 aromatic carbocycles. The SMILES string of the molecule is FC(F)(F)C1(c2cc(Cl)cc(Cl)c2)C=C(c2ccc(-n3cccc3)cc2)NO1. The lowest BCUT2D eigenvalue weighted by Crippen LogP contribution is -2.42. The molecule has 1 aliphatic rings. The van der Waals surface area contributed by atoms with Gasteiger partial charge in [0.2, 0.25) is 5.60 Å². The van der Waals surface area contributed by atoms with Crippen molar-refractivity contribution in [3.8, 4) is 5.69 Å². The van der Waals surface area contributed by atoms with Gasteiger partial charge in [-0.15, -0.1) is 0 Å². The Hall–Kier alpha value is -2.41. The van der Waals surface area contributed by atoms with Crippen LogP contribution in [0.4, 0.5) is 13.2 Å². The highest BCUT2D eigenvalue weighted by Gasteiger charge is 2.59. The summed E-state index contributed by atoms with van der Waals surface area (Å²) < 4.78 is 43.9. The largest absolute Gasteiger partial charge is 0.428 e. The van der Waals surface area contributed by atoms with E-state index in [0.717, 1.165) is 11.8 Å². The van der Waals surface area contributed by atoms with Gasteiger partial charge in [0.25, 0.3) is 0 Å². The van der Waals surface area contributed by atoms with Crippen molar-refractivity contribution < 1.29 is 18.0 Å². The predicted octanol–water partition coefficient (Wildman–Crippen LogP) is 6.12. The van der Waals surface area contributed by atoms with E-state index in [9.17, 15) is 13.2 Å². The summed E-state index contributed by atoms with van der Waals surface area (Å²) in [5.41, 5.74) is 1.15. The maximum atomic E-state index is 14.0. The standard InChI is InChI=1S/C20H13Cl2F3N2O/c21-15-9-14(10-16(22)11-15)19(20(23,24)25)12-18(26-28-19)13-3-5-17(6-4-13)27-7-1-2-8-27/h1-12,26H. The average Bonchev–Trinajstić information content (AvgIpc) is 3.31. The lowest BCUT2D eigenvalue weighted by atomic mass is 9.91. The van der Waals surface area contributed by atoms with Crippen LogP contribution in [0.15, 0.2) is 73.1 Å². The van der Waals surface area contributed by atoms with E-state index < -0.39 is 11.8 Å². The van der Waals surface area contributed by atoms with Crippen molar-refractivity contribution in [2.45, 2.75) is 11.8 Å². The first-order valence-corrected chi connectivity index (χ1v) is 8.98. The fraction of sp³-hybridized carbons (Fsp3) is 0.100. The minimum absolute atomic E-state index is 0.0904. The van der Waals surface area contributed by atoms with Crippen molar-refractivity contribution in [3.63, 3.8) is 0 Å². The summed E-state index contributed by atoms with van der Waals surface area (Å²) in [5, 5.41) is 0.181. The maximum absolute atomic E-state index is 14.0. The molecule has 28 heavy (non-hydrogen) atoms. The number of rotatable bonds is 3. The number of hydrogen-bond donors (Lipinski definition) is 1. The van der Waals surface area contributed by atoms with Gasteiger partial charge in [-0.2, -0.15) is 13.2 Å². The summed E-state index contributed by atoms with van der Waals surface area (Å²) >= 11 is 11.8. The second-order valence-electron chi connectivity index (χ2n) is 6.29. The molecule has 1 unspecified atom stereocenters. The fourth-order valence-corrected chi connectivity index (χ4v) is 3.60. The van der Waals surface area contributed by atoms with Gasteiger partial charge in [0.1, 0.15) is 0 Å². The molecule has 3 aromatic rings. The molecule has 0 saturated carbocycles. The number of halogens is 5. The summed E-state index contributed by atoms with van der Waals surface area (Å²) in [6.07, 6.45) is 0.0199. The summed E-state index contributed by atoms with van der Waals surface area (Å²) in [5.74, 6) is 0. The molecule has 1 aromatic heterocycles. The summed E-state index contributed by atoms with van der Waals surface area (Å²) in [6, 6.07) is 14.6. The number of hydrogen-bond acceptors (Lipinski definition) is 2. The zero-order valence-corrected chi connectivity index (χ0v) is 15.7. The Labute approximate surface area is 168 Å². The van der Waals surface area contributed by atoms with Crippen LogP contribution in [0.3, 0.4) is 0 Å². The first-order valence-electron chi connectivity index (χ1n) is 8.22. The van der Waals surface area contributed by atoms with Crippen LogP contribution in [0.25, 0.3) is 11.4 Å². The second kappa shape index (κ2) is 6.88. The second-order valence-corrected chi connectivity index (χ2v) is 7.16. The zero-order valence-electron chi connectivity index (χ0n) is 14.2. The van der Waals surface area contributed by atoms with Crippen molar-refractivity contribution >= 4 is 28.9 Å². The zero-order chi connectivity index (χ0) is 19.9. The number of alkyl halides is 3. The van der Waals surface area contributed by atoms with Crippen LogP contribution in [-0.2, 0) is 10.4 Å². The van der Waals surface area contributed by atoms with E-state index in [1.165, 1.54) is 18.2 Å². The van der Waals surface area contributed by atoms with Crippen LogP contribution >= 0.6 is 23.2 Å². The third-order valence-corrected chi connectivity index (χ3v) is 4.90. The van der Waals surface area contributed by atoms with Crippen LogP contribution in [0.1, 0.15) is 11.1 Å². The molecule has 0 amide bonds. The molecular formula is C20H13Cl2F3N2O. The van der Waals surface area contributed by atoms with Crippen molar-refractivity contribution in [2.24, 2.45) is 0 Å². The Morgan fingerprint density at radius 2 is 1.54 bits per heavy atom. The Morgan fingerprint density at radius 1 is 0.929 bits per heavy atom. The molecule has 2 heterocycles. The lowest BCUT2D eigenvalue weighted by Gasteiger charge is -2.28.